The van der Waals surface area contributed by atoms with Crippen molar-refractivity contribution in [2.75, 3.05) is 5.75 Å². The van der Waals surface area contributed by atoms with E-state index < -0.39 is 27.8 Å². The van der Waals surface area contributed by atoms with Gasteiger partial charge in [-0.15, -0.1) is 0 Å². The van der Waals surface area contributed by atoms with E-state index in [0.29, 0.717) is 0 Å². The molecule has 11 heavy (non-hydrogen) atoms. The Bertz CT molecular complexity index is 250. The van der Waals surface area contributed by atoms with E-state index in [-0.39, 0.29) is 0 Å². The van der Waals surface area contributed by atoms with Crippen LogP contribution in [-0.2, 0) is 14.9 Å². The Morgan fingerprint density at radius 1 is 1.36 bits per heavy atom. The van der Waals surface area contributed by atoms with Crippen LogP contribution in [0.5, 0.6) is 0 Å². The first kappa shape index (κ1) is 10.4. The highest BCUT2D eigenvalue weighted by Crippen LogP contribution is 2.16. The fourth-order valence-corrected chi connectivity index (χ4v) is 0.742. The third-order valence-electron chi connectivity index (χ3n) is 0.630. The molecule has 0 amide bonds. The SMILES string of the molecule is O=C(CS(=O)(=O)O)C(F)(F)F. The van der Waals surface area contributed by atoms with Gasteiger partial charge in [-0.1, -0.05) is 0 Å². The highest BCUT2D eigenvalue weighted by atomic mass is 32.2. The van der Waals surface area contributed by atoms with Crippen LogP contribution in [0, 0.1) is 0 Å². The van der Waals surface area contributed by atoms with Crippen molar-refractivity contribution in [3.05, 3.63) is 0 Å². The molecule has 4 nitrogen and oxygen atoms in total. The number of rotatable bonds is 2. The first-order valence-corrected chi connectivity index (χ1v) is 3.79. The van der Waals surface area contributed by atoms with E-state index in [1.807, 2.05) is 0 Å². The number of ketones is 1. The Balaban J connectivity index is 4.35. The molecule has 66 valence electrons. The van der Waals surface area contributed by atoms with Crippen LogP contribution in [0.25, 0.3) is 0 Å². The minimum atomic E-state index is -5.21. The molecule has 0 spiro atoms. The average molecular weight is 192 g/mol. The summed E-state index contributed by atoms with van der Waals surface area (Å²) in [5.74, 6) is -4.41. The number of halogens is 3. The lowest BCUT2D eigenvalue weighted by atomic mass is 10.4. The Morgan fingerprint density at radius 2 is 1.73 bits per heavy atom. The summed E-state index contributed by atoms with van der Waals surface area (Å²) in [6.07, 6.45) is -5.21. The van der Waals surface area contributed by atoms with E-state index in [0.717, 1.165) is 0 Å². The first-order valence-electron chi connectivity index (χ1n) is 2.18. The molecular weight excluding hydrogens is 189 g/mol. The van der Waals surface area contributed by atoms with E-state index in [1.54, 1.807) is 0 Å². The van der Waals surface area contributed by atoms with Crippen molar-refractivity contribution in [1.29, 1.82) is 0 Å². The summed E-state index contributed by atoms with van der Waals surface area (Å²) < 4.78 is 61.0. The van der Waals surface area contributed by atoms with E-state index in [4.69, 9.17) is 4.55 Å². The minimum Gasteiger partial charge on any atom is -0.288 e. The molecule has 0 aliphatic carbocycles. The predicted molar refractivity (Wildman–Crippen MR) is 27.5 cm³/mol. The topological polar surface area (TPSA) is 71.4 Å². The maximum absolute atomic E-state index is 11.3. The van der Waals surface area contributed by atoms with Crippen LogP contribution in [0.4, 0.5) is 13.2 Å². The number of Topliss-reactive ketones (excluding diaryl/α,β-unsaturated/α-hetero) is 1. The fraction of sp³-hybridized carbons (Fsp3) is 0.667. The zero-order valence-corrected chi connectivity index (χ0v) is 5.74. The molecule has 0 atom stereocenters. The third-order valence-corrected chi connectivity index (χ3v) is 1.26. The van der Waals surface area contributed by atoms with Crippen molar-refractivity contribution < 1.29 is 30.9 Å². The van der Waals surface area contributed by atoms with Crippen LogP contribution >= 0.6 is 0 Å². The largest absolute Gasteiger partial charge is 0.451 e. The Labute approximate surface area is 59.8 Å². The second kappa shape index (κ2) is 2.78. The zero-order chi connectivity index (χ0) is 9.28. The van der Waals surface area contributed by atoms with Gasteiger partial charge in [-0.05, 0) is 0 Å². The summed E-state index contributed by atoms with van der Waals surface area (Å²) in [7, 11) is -4.88. The van der Waals surface area contributed by atoms with Crippen LogP contribution in [0.3, 0.4) is 0 Å². The van der Waals surface area contributed by atoms with Gasteiger partial charge in [0.1, 0.15) is 5.75 Å². The molecule has 1 N–H and O–H groups in total. The first-order chi connectivity index (χ1) is 4.63. The summed E-state index contributed by atoms with van der Waals surface area (Å²) >= 11 is 0. The molecule has 0 rings (SSSR count). The van der Waals surface area contributed by atoms with E-state index >= 15 is 0 Å². The van der Waals surface area contributed by atoms with E-state index in [2.05, 4.69) is 0 Å². The summed E-state index contributed by atoms with van der Waals surface area (Å²) in [6.45, 7) is 0. The van der Waals surface area contributed by atoms with Crippen molar-refractivity contribution in [2.45, 2.75) is 6.18 Å². The third kappa shape index (κ3) is 4.73. The van der Waals surface area contributed by atoms with Crippen LogP contribution in [0.2, 0.25) is 0 Å². The monoisotopic (exact) mass is 192 g/mol. The predicted octanol–water partition coefficient (Wildman–Crippen LogP) is 0.00560. The second-order valence-corrected chi connectivity index (χ2v) is 3.10. The van der Waals surface area contributed by atoms with Gasteiger partial charge in [0.2, 0.25) is 0 Å². The van der Waals surface area contributed by atoms with Gasteiger partial charge in [0, 0.05) is 0 Å². The lowest BCUT2D eigenvalue weighted by Gasteiger charge is -2.01. The molecule has 0 unspecified atom stereocenters. The summed E-state index contributed by atoms with van der Waals surface area (Å²) in [5.41, 5.74) is 0. The highest BCUT2D eigenvalue weighted by molar-refractivity contribution is 7.86. The van der Waals surface area contributed by atoms with Gasteiger partial charge in [-0.25, -0.2) is 0 Å². The molecule has 0 radical (unpaired) electrons. The van der Waals surface area contributed by atoms with Crippen LogP contribution in [0.1, 0.15) is 0 Å². The summed E-state index contributed by atoms with van der Waals surface area (Å²) in [5, 5.41) is 0. The molecule has 0 aliphatic rings. The quantitative estimate of drug-likeness (QED) is 0.625. The minimum absolute atomic E-state index is 1.92. The molecule has 0 bridgehead atoms. The smallest absolute Gasteiger partial charge is 0.288 e. The van der Waals surface area contributed by atoms with E-state index in [1.165, 1.54) is 0 Å². The molecule has 0 saturated carbocycles. The number of carbonyl (C=O) groups is 1. The van der Waals surface area contributed by atoms with Crippen molar-refractivity contribution in [3.63, 3.8) is 0 Å². The van der Waals surface area contributed by atoms with Crippen molar-refractivity contribution in [1.82, 2.24) is 0 Å². The molecule has 8 heteroatoms. The maximum Gasteiger partial charge on any atom is 0.451 e. The Kier molecular flexibility index (Phi) is 2.62. The highest BCUT2D eigenvalue weighted by Gasteiger charge is 2.40. The molecule has 0 aliphatic heterocycles. The summed E-state index contributed by atoms with van der Waals surface area (Å²) in [4.78, 5) is 9.82. The second-order valence-electron chi connectivity index (χ2n) is 1.65. The normalized spacial score (nSPS) is 13.1. The lowest BCUT2D eigenvalue weighted by molar-refractivity contribution is -0.168. The number of hydrogen-bond acceptors (Lipinski definition) is 3. The van der Waals surface area contributed by atoms with Crippen molar-refractivity contribution in [2.24, 2.45) is 0 Å². The number of carbonyl (C=O) groups excluding carboxylic acids is 1. The molecular formula is C3H3F3O4S. The van der Waals surface area contributed by atoms with Gasteiger partial charge in [0.15, 0.2) is 0 Å². The number of hydrogen-bond donors (Lipinski definition) is 1. The zero-order valence-electron chi connectivity index (χ0n) is 4.92. The fourth-order valence-electron chi connectivity index (χ4n) is 0.247. The molecule has 0 fully saturated rings. The standard InChI is InChI=1S/C3H3F3O4S/c4-3(5,6)2(7)1-11(8,9)10/h1H2,(H,8,9,10). The van der Waals surface area contributed by atoms with Crippen molar-refractivity contribution in [3.8, 4) is 0 Å². The van der Waals surface area contributed by atoms with Crippen LogP contribution in [-0.4, -0.2) is 30.7 Å². The summed E-state index contributed by atoms with van der Waals surface area (Å²) in [6, 6.07) is 0. The van der Waals surface area contributed by atoms with Gasteiger partial charge >= 0.3 is 6.18 Å². The number of alkyl halides is 3. The Morgan fingerprint density at radius 3 is 1.82 bits per heavy atom. The maximum atomic E-state index is 11.3. The molecule has 0 saturated heterocycles. The lowest BCUT2D eigenvalue weighted by Crippen LogP contribution is -2.29. The molecule has 0 heterocycles. The van der Waals surface area contributed by atoms with E-state index in [9.17, 15) is 26.4 Å². The van der Waals surface area contributed by atoms with Crippen LogP contribution < -0.4 is 0 Å². The van der Waals surface area contributed by atoms with Crippen LogP contribution in [0.15, 0.2) is 0 Å². The van der Waals surface area contributed by atoms with Gasteiger partial charge in [0.05, 0.1) is 0 Å². The molecule has 0 aromatic rings. The van der Waals surface area contributed by atoms with Gasteiger partial charge < -0.3 is 0 Å². The average Bonchev–Trinajstić information content (AvgIpc) is 1.56. The van der Waals surface area contributed by atoms with Crippen molar-refractivity contribution >= 4 is 15.9 Å². The Hall–Kier alpha value is -0.630. The van der Waals surface area contributed by atoms with Gasteiger partial charge in [-0.2, -0.15) is 21.6 Å². The van der Waals surface area contributed by atoms with Gasteiger partial charge in [0.25, 0.3) is 15.9 Å². The molecule has 0 aromatic carbocycles. The van der Waals surface area contributed by atoms with Gasteiger partial charge in [-0.3, -0.25) is 9.35 Å². The molecule has 0 aromatic heterocycles.